The third kappa shape index (κ3) is 3.82. The van der Waals surface area contributed by atoms with Crippen molar-refractivity contribution in [2.45, 2.75) is 18.9 Å². The largest absolute Gasteiger partial charge is 0.450 e. The Morgan fingerprint density at radius 1 is 1.06 bits per heavy atom. The van der Waals surface area contributed by atoms with Gasteiger partial charge in [0.1, 0.15) is 5.75 Å². The van der Waals surface area contributed by atoms with E-state index in [2.05, 4.69) is 5.10 Å². The molecule has 3 aromatic rings. The van der Waals surface area contributed by atoms with E-state index in [4.69, 9.17) is 9.26 Å². The first-order valence-electron chi connectivity index (χ1n) is 11.3. The Morgan fingerprint density at radius 3 is 2.35 bits per heavy atom. The fourth-order valence-electron chi connectivity index (χ4n) is 4.46. The van der Waals surface area contributed by atoms with Crippen molar-refractivity contribution in [3.05, 3.63) is 70.0 Å². The van der Waals surface area contributed by atoms with Gasteiger partial charge >= 0.3 is 13.4 Å². The number of ether oxygens (including phenoxy) is 1. The van der Waals surface area contributed by atoms with Gasteiger partial charge in [-0.15, -0.1) is 0 Å². The van der Waals surface area contributed by atoms with Crippen LogP contribution in [0.15, 0.2) is 48.8 Å². The molecule has 0 amide bonds. The van der Waals surface area contributed by atoms with Gasteiger partial charge in [0.2, 0.25) is 5.75 Å². The molecule has 10 nitrogen and oxygen atoms in total. The second-order valence-corrected chi connectivity index (χ2v) is 11.1. The molecule has 6 rings (SSSR count). The van der Waals surface area contributed by atoms with Gasteiger partial charge in [0, 0.05) is 56.6 Å². The molecule has 176 valence electrons. The van der Waals surface area contributed by atoms with E-state index in [0.717, 1.165) is 48.4 Å². The summed E-state index contributed by atoms with van der Waals surface area (Å²) in [6.45, 7) is 3.10. The van der Waals surface area contributed by atoms with Crippen molar-refractivity contribution in [2.24, 2.45) is 7.05 Å². The van der Waals surface area contributed by atoms with Crippen molar-refractivity contribution in [3.8, 4) is 22.6 Å². The molecule has 0 N–H and O–H groups in total. The average molecular weight is 481 g/mol. The standard InChI is InChI=1S/C23H24N5O5P/c1-25-15-17(14-24-25)16-2-4-18(5-3-16)32-23-20-7-9-22(19(20)6-8-21(23)28(29)30)33-34(31,26-10-11-26)27-12-13-27/h2-6,8,14-15,22H,7,9-13H2,1H3/t22-/m1/s1. The first-order chi connectivity index (χ1) is 16.4. The van der Waals surface area contributed by atoms with Crippen LogP contribution in [0, 0.1) is 10.1 Å². The van der Waals surface area contributed by atoms with Crippen LogP contribution in [0.4, 0.5) is 5.69 Å². The number of aromatic nitrogens is 2. The molecule has 3 heterocycles. The second-order valence-electron chi connectivity index (χ2n) is 8.80. The van der Waals surface area contributed by atoms with Crippen molar-refractivity contribution >= 4 is 13.4 Å². The second kappa shape index (κ2) is 8.02. The Kier molecular flexibility index (Phi) is 5.07. The fourth-order valence-corrected chi connectivity index (χ4v) is 6.83. The number of hydrogen-bond acceptors (Lipinski definition) is 6. The maximum Gasteiger partial charge on any atom is 0.346 e. The van der Waals surface area contributed by atoms with Crippen LogP contribution in [0.25, 0.3) is 11.1 Å². The molecule has 2 aromatic carbocycles. The summed E-state index contributed by atoms with van der Waals surface area (Å²) >= 11 is 0. The van der Waals surface area contributed by atoms with Gasteiger partial charge in [-0.2, -0.15) is 5.10 Å². The van der Waals surface area contributed by atoms with E-state index in [-0.39, 0.29) is 17.5 Å². The Balaban J connectivity index is 1.29. The minimum atomic E-state index is -3.01. The molecule has 2 aliphatic heterocycles. The van der Waals surface area contributed by atoms with Crippen molar-refractivity contribution in [1.82, 2.24) is 19.1 Å². The van der Waals surface area contributed by atoms with Crippen LogP contribution in [-0.4, -0.2) is 50.2 Å². The van der Waals surface area contributed by atoms with E-state index in [0.29, 0.717) is 18.6 Å². The molecule has 11 heteroatoms. The highest BCUT2D eigenvalue weighted by Crippen LogP contribution is 2.64. The van der Waals surface area contributed by atoms with Gasteiger partial charge in [-0.1, -0.05) is 12.1 Å². The molecule has 34 heavy (non-hydrogen) atoms. The van der Waals surface area contributed by atoms with Crippen LogP contribution in [0.3, 0.4) is 0 Å². The molecule has 3 aliphatic rings. The highest BCUT2D eigenvalue weighted by atomic mass is 31.2. The third-order valence-corrected chi connectivity index (χ3v) is 9.17. The fraction of sp³-hybridized carbons (Fsp3) is 0.348. The van der Waals surface area contributed by atoms with Gasteiger partial charge < -0.3 is 4.74 Å². The van der Waals surface area contributed by atoms with Crippen LogP contribution in [0.1, 0.15) is 23.7 Å². The topological polar surface area (TPSA) is 103 Å². The Labute approximate surface area is 196 Å². The highest BCUT2D eigenvalue weighted by Gasteiger charge is 2.51. The summed E-state index contributed by atoms with van der Waals surface area (Å²) in [5.41, 5.74) is 3.43. The zero-order valence-corrected chi connectivity index (χ0v) is 19.6. The number of aryl methyl sites for hydroxylation is 1. The first kappa shape index (κ1) is 21.5. The molecule has 0 radical (unpaired) electrons. The molecule has 0 saturated carbocycles. The summed E-state index contributed by atoms with van der Waals surface area (Å²) in [6.07, 6.45) is 4.49. The van der Waals surface area contributed by atoms with Gasteiger partial charge in [0.15, 0.2) is 0 Å². The van der Waals surface area contributed by atoms with Gasteiger partial charge in [0.25, 0.3) is 0 Å². The zero-order chi connectivity index (χ0) is 23.4. The van der Waals surface area contributed by atoms with Crippen LogP contribution in [0.5, 0.6) is 11.5 Å². The van der Waals surface area contributed by atoms with Gasteiger partial charge in [-0.3, -0.25) is 23.9 Å². The first-order valence-corrected chi connectivity index (χ1v) is 12.8. The zero-order valence-electron chi connectivity index (χ0n) is 18.7. The van der Waals surface area contributed by atoms with Crippen LogP contribution < -0.4 is 4.74 Å². The number of hydrogen-bond donors (Lipinski definition) is 0. The molecule has 0 bridgehead atoms. The number of nitro groups is 1. The number of nitro benzene ring substituents is 1. The minimum absolute atomic E-state index is 0.0872. The molecule has 1 aromatic heterocycles. The Morgan fingerprint density at radius 2 is 1.76 bits per heavy atom. The van der Waals surface area contributed by atoms with Crippen LogP contribution in [0.2, 0.25) is 0 Å². The Bertz CT molecular complexity index is 1300. The normalized spacial score (nSPS) is 19.7. The van der Waals surface area contributed by atoms with E-state index in [1.807, 2.05) is 34.7 Å². The minimum Gasteiger partial charge on any atom is -0.450 e. The quantitative estimate of drug-likeness (QED) is 0.200. The summed E-state index contributed by atoms with van der Waals surface area (Å²) < 4.78 is 31.3. The number of rotatable bonds is 8. The van der Waals surface area contributed by atoms with Gasteiger partial charge in [-0.05, 0) is 42.2 Å². The molecule has 2 fully saturated rings. The number of benzene rings is 2. The molecule has 2 saturated heterocycles. The number of fused-ring (bicyclic) bond motifs is 1. The maximum atomic E-state index is 13.5. The molecule has 1 atom stereocenters. The summed E-state index contributed by atoms with van der Waals surface area (Å²) in [7, 11) is -1.15. The maximum absolute atomic E-state index is 13.5. The monoisotopic (exact) mass is 481 g/mol. The molecule has 0 spiro atoms. The molecular formula is C23H24N5O5P. The SMILES string of the molecule is Cn1cc(-c2ccc(Oc3c([N+](=O)[O-])ccc4c3CC[C@H]4OP(=O)(N3CC3)N3CC3)cc2)cn1. The van der Waals surface area contributed by atoms with E-state index in [9.17, 15) is 14.7 Å². The molecule has 1 aliphatic carbocycles. The van der Waals surface area contributed by atoms with Crippen molar-refractivity contribution in [2.75, 3.05) is 26.2 Å². The van der Waals surface area contributed by atoms with E-state index in [1.54, 1.807) is 29.1 Å². The lowest BCUT2D eigenvalue weighted by Gasteiger charge is -2.24. The summed E-state index contributed by atoms with van der Waals surface area (Å²) in [5, 5.41) is 16.0. The van der Waals surface area contributed by atoms with Crippen LogP contribution >= 0.6 is 7.67 Å². The summed E-state index contributed by atoms with van der Waals surface area (Å²) in [6, 6.07) is 10.6. The van der Waals surface area contributed by atoms with Gasteiger partial charge in [0.05, 0.1) is 17.2 Å². The van der Waals surface area contributed by atoms with E-state index in [1.165, 1.54) is 6.07 Å². The third-order valence-electron chi connectivity index (χ3n) is 6.42. The van der Waals surface area contributed by atoms with Crippen molar-refractivity contribution < 1.29 is 18.7 Å². The lowest BCUT2D eigenvalue weighted by molar-refractivity contribution is -0.385. The van der Waals surface area contributed by atoms with Crippen molar-refractivity contribution in [3.63, 3.8) is 0 Å². The van der Waals surface area contributed by atoms with E-state index < -0.39 is 12.6 Å². The predicted octanol–water partition coefficient (Wildman–Crippen LogP) is 4.53. The Hall–Kier alpha value is -3.04. The predicted molar refractivity (Wildman–Crippen MR) is 125 cm³/mol. The molecular weight excluding hydrogens is 457 g/mol. The van der Waals surface area contributed by atoms with Crippen molar-refractivity contribution in [1.29, 1.82) is 0 Å². The highest BCUT2D eigenvalue weighted by molar-refractivity contribution is 7.54. The summed E-state index contributed by atoms with van der Waals surface area (Å²) in [4.78, 5) is 11.4. The van der Waals surface area contributed by atoms with Gasteiger partial charge in [-0.25, -0.2) is 9.34 Å². The van der Waals surface area contributed by atoms with E-state index >= 15 is 0 Å². The lowest BCUT2D eigenvalue weighted by atomic mass is 10.1. The average Bonchev–Trinajstić information content (AvgIpc) is 3.75. The lowest BCUT2D eigenvalue weighted by Crippen LogP contribution is -2.11. The van der Waals surface area contributed by atoms with Crippen LogP contribution in [-0.2, 0) is 22.6 Å². The summed E-state index contributed by atoms with van der Waals surface area (Å²) in [5.74, 6) is 0.739. The number of nitrogens with zero attached hydrogens (tertiary/aromatic N) is 5. The molecule has 0 unspecified atom stereocenters. The smallest absolute Gasteiger partial charge is 0.346 e.